The van der Waals surface area contributed by atoms with Crippen molar-refractivity contribution in [3.63, 3.8) is 0 Å². The van der Waals surface area contributed by atoms with Gasteiger partial charge in [0.1, 0.15) is 5.75 Å². The van der Waals surface area contributed by atoms with Crippen LogP contribution in [-0.4, -0.2) is 5.11 Å². The molecule has 1 atom stereocenters. The number of rotatable bonds is 2. The lowest BCUT2D eigenvalue weighted by atomic mass is 9.87. The van der Waals surface area contributed by atoms with Crippen molar-refractivity contribution in [2.24, 2.45) is 0 Å². The molecule has 1 aliphatic heterocycles. The molecule has 0 aliphatic carbocycles. The minimum atomic E-state index is -1.83. The van der Waals surface area contributed by atoms with Gasteiger partial charge in [-0.3, -0.25) is 0 Å². The second kappa shape index (κ2) is 5.55. The van der Waals surface area contributed by atoms with Gasteiger partial charge in [0.15, 0.2) is 0 Å². The molecule has 4 rings (SSSR count). The molecule has 0 aromatic heterocycles. The maximum absolute atomic E-state index is 13.1. The SMILES string of the molecule is [O-]C1=C(c2ccccc2)C(O)(c2ccccc2)Oc2ccccc21. The lowest BCUT2D eigenvalue weighted by molar-refractivity contribution is -0.247. The van der Waals surface area contributed by atoms with E-state index in [0.717, 1.165) is 0 Å². The summed E-state index contributed by atoms with van der Waals surface area (Å²) in [5.41, 5.74) is 1.85. The van der Waals surface area contributed by atoms with E-state index in [1.54, 1.807) is 48.5 Å². The average molecular weight is 315 g/mol. The molecule has 3 aromatic rings. The molecule has 3 heteroatoms. The standard InChI is InChI=1S/C21H16O3/c22-20-17-13-7-8-14-18(17)24-21(23,16-11-5-2-6-12-16)19(20)15-9-3-1-4-10-15/h1-14,22-23H/p-1. The fourth-order valence-corrected chi connectivity index (χ4v) is 3.04. The van der Waals surface area contributed by atoms with E-state index in [2.05, 4.69) is 0 Å². The third-order valence-corrected chi connectivity index (χ3v) is 4.18. The number of fused-ring (bicyclic) bond motifs is 1. The smallest absolute Gasteiger partial charge is 0.261 e. The van der Waals surface area contributed by atoms with Crippen LogP contribution in [0.2, 0.25) is 0 Å². The Balaban J connectivity index is 2.02. The van der Waals surface area contributed by atoms with E-state index in [4.69, 9.17) is 4.74 Å². The van der Waals surface area contributed by atoms with Crippen LogP contribution < -0.4 is 9.84 Å². The highest BCUT2D eigenvalue weighted by Crippen LogP contribution is 2.46. The van der Waals surface area contributed by atoms with Gasteiger partial charge in [-0.05, 0) is 11.6 Å². The Morgan fingerprint density at radius 2 is 1.33 bits per heavy atom. The van der Waals surface area contributed by atoms with Crippen molar-refractivity contribution in [1.29, 1.82) is 0 Å². The second-order valence-corrected chi connectivity index (χ2v) is 5.68. The molecule has 1 N–H and O–H groups in total. The Morgan fingerprint density at radius 1 is 0.750 bits per heavy atom. The summed E-state index contributed by atoms with van der Waals surface area (Å²) < 4.78 is 5.94. The number of benzene rings is 3. The summed E-state index contributed by atoms with van der Waals surface area (Å²) in [4.78, 5) is 0. The van der Waals surface area contributed by atoms with Gasteiger partial charge in [0.2, 0.25) is 0 Å². The van der Waals surface area contributed by atoms with Gasteiger partial charge in [-0.15, -0.1) is 0 Å². The first-order chi connectivity index (χ1) is 11.7. The van der Waals surface area contributed by atoms with Crippen LogP contribution in [0.25, 0.3) is 11.3 Å². The third kappa shape index (κ3) is 2.18. The number of hydrogen-bond donors (Lipinski definition) is 1. The van der Waals surface area contributed by atoms with Crippen molar-refractivity contribution in [3.05, 3.63) is 102 Å². The fraction of sp³-hybridized carbons (Fsp3) is 0.0476. The second-order valence-electron chi connectivity index (χ2n) is 5.68. The molecule has 0 amide bonds. The van der Waals surface area contributed by atoms with Crippen LogP contribution in [0.3, 0.4) is 0 Å². The lowest BCUT2D eigenvalue weighted by Crippen LogP contribution is -2.39. The van der Waals surface area contributed by atoms with Crippen LogP contribution in [0.15, 0.2) is 84.9 Å². The highest BCUT2D eigenvalue weighted by Gasteiger charge is 2.41. The number of hydrogen-bond acceptors (Lipinski definition) is 3. The Hall–Kier alpha value is -3.04. The van der Waals surface area contributed by atoms with Crippen LogP contribution in [-0.2, 0) is 5.79 Å². The van der Waals surface area contributed by atoms with Gasteiger partial charge in [-0.2, -0.15) is 0 Å². The van der Waals surface area contributed by atoms with Gasteiger partial charge >= 0.3 is 0 Å². The lowest BCUT2D eigenvalue weighted by Gasteiger charge is -2.40. The number of aliphatic hydroxyl groups is 1. The third-order valence-electron chi connectivity index (χ3n) is 4.18. The van der Waals surface area contributed by atoms with E-state index >= 15 is 0 Å². The van der Waals surface area contributed by atoms with E-state index in [-0.39, 0.29) is 11.3 Å². The molecule has 0 saturated heterocycles. The molecule has 118 valence electrons. The maximum atomic E-state index is 13.1. The molecule has 3 aromatic carbocycles. The zero-order valence-electron chi connectivity index (χ0n) is 12.8. The molecule has 0 radical (unpaired) electrons. The van der Waals surface area contributed by atoms with Gasteiger partial charge < -0.3 is 14.9 Å². The van der Waals surface area contributed by atoms with Gasteiger partial charge in [0, 0.05) is 16.7 Å². The Kier molecular flexibility index (Phi) is 3.36. The van der Waals surface area contributed by atoms with Gasteiger partial charge in [0.05, 0.1) is 0 Å². The van der Waals surface area contributed by atoms with Gasteiger partial charge in [-0.25, -0.2) is 0 Å². The summed E-state index contributed by atoms with van der Waals surface area (Å²) in [6.45, 7) is 0. The van der Waals surface area contributed by atoms with Crippen LogP contribution in [0.1, 0.15) is 16.7 Å². The van der Waals surface area contributed by atoms with Crippen molar-refractivity contribution >= 4 is 11.3 Å². The normalized spacial score (nSPS) is 19.5. The quantitative estimate of drug-likeness (QED) is 0.790. The zero-order chi connectivity index (χ0) is 16.6. The zero-order valence-corrected chi connectivity index (χ0v) is 12.8. The van der Waals surface area contributed by atoms with Crippen molar-refractivity contribution in [2.45, 2.75) is 5.79 Å². The molecule has 24 heavy (non-hydrogen) atoms. The monoisotopic (exact) mass is 315 g/mol. The van der Waals surface area contributed by atoms with E-state index in [1.165, 1.54) is 0 Å². The summed E-state index contributed by atoms with van der Waals surface area (Å²) in [5, 5.41) is 24.5. The first-order valence-corrected chi connectivity index (χ1v) is 7.73. The van der Waals surface area contributed by atoms with E-state index in [0.29, 0.717) is 22.4 Å². The molecule has 0 saturated carbocycles. The predicted octanol–water partition coefficient (Wildman–Crippen LogP) is 3.15. The fourth-order valence-electron chi connectivity index (χ4n) is 3.04. The molecule has 1 heterocycles. The molecule has 3 nitrogen and oxygen atoms in total. The topological polar surface area (TPSA) is 52.5 Å². The summed E-state index contributed by atoms with van der Waals surface area (Å²) in [5.74, 6) is -1.67. The Labute approximate surface area is 140 Å². The first kappa shape index (κ1) is 14.5. The summed E-state index contributed by atoms with van der Waals surface area (Å²) in [6.07, 6.45) is 0. The molecule has 0 spiro atoms. The van der Waals surface area contributed by atoms with E-state index < -0.39 is 5.79 Å². The van der Waals surface area contributed by atoms with Crippen molar-refractivity contribution in [3.8, 4) is 5.75 Å². The molecular weight excluding hydrogens is 300 g/mol. The van der Waals surface area contributed by atoms with Crippen molar-refractivity contribution in [2.75, 3.05) is 0 Å². The predicted molar refractivity (Wildman–Crippen MR) is 90.7 cm³/mol. The summed E-state index contributed by atoms with van der Waals surface area (Å²) in [6, 6.07) is 25.1. The molecule has 0 bridgehead atoms. The highest BCUT2D eigenvalue weighted by atomic mass is 16.6. The average Bonchev–Trinajstić information content (AvgIpc) is 2.63. The Morgan fingerprint density at radius 3 is 2.04 bits per heavy atom. The van der Waals surface area contributed by atoms with Gasteiger partial charge in [-0.1, -0.05) is 84.6 Å². The van der Waals surface area contributed by atoms with Crippen LogP contribution in [0.5, 0.6) is 5.75 Å². The minimum Gasteiger partial charge on any atom is -0.872 e. The maximum Gasteiger partial charge on any atom is 0.261 e. The van der Waals surface area contributed by atoms with Gasteiger partial charge in [0.25, 0.3) is 5.79 Å². The van der Waals surface area contributed by atoms with Crippen molar-refractivity contribution < 1.29 is 14.9 Å². The van der Waals surface area contributed by atoms with Crippen LogP contribution in [0, 0.1) is 0 Å². The Bertz CT molecular complexity index is 901. The van der Waals surface area contributed by atoms with Crippen molar-refractivity contribution in [1.82, 2.24) is 0 Å². The molecule has 1 aliphatic rings. The highest BCUT2D eigenvalue weighted by molar-refractivity contribution is 5.93. The largest absolute Gasteiger partial charge is 0.872 e. The number of para-hydroxylation sites is 1. The molecular formula is C21H15O3-. The van der Waals surface area contributed by atoms with Crippen LogP contribution in [0.4, 0.5) is 0 Å². The summed E-state index contributed by atoms with van der Waals surface area (Å²) >= 11 is 0. The summed E-state index contributed by atoms with van der Waals surface area (Å²) in [7, 11) is 0. The molecule has 0 fully saturated rings. The molecule has 1 unspecified atom stereocenters. The van der Waals surface area contributed by atoms with Crippen LogP contribution >= 0.6 is 0 Å². The first-order valence-electron chi connectivity index (χ1n) is 7.73. The van der Waals surface area contributed by atoms with E-state index in [9.17, 15) is 10.2 Å². The van der Waals surface area contributed by atoms with E-state index in [1.807, 2.05) is 36.4 Å². The minimum absolute atomic E-state index is 0.227. The number of ether oxygens (including phenoxy) is 1.